The van der Waals surface area contributed by atoms with Crippen LogP contribution in [0.5, 0.6) is 0 Å². The second kappa shape index (κ2) is 18.3. The first-order chi connectivity index (χ1) is 23.2. The second-order valence-electron chi connectivity index (χ2n) is 10.9. The molecule has 10 heteroatoms. The quantitative estimate of drug-likeness (QED) is 0.0523. The van der Waals surface area contributed by atoms with Gasteiger partial charge in [0.1, 0.15) is 23.7 Å². The lowest BCUT2D eigenvalue weighted by molar-refractivity contribution is -0.242. The molecule has 0 N–H and O–H groups in total. The van der Waals surface area contributed by atoms with Crippen molar-refractivity contribution in [3.8, 4) is 0 Å². The summed E-state index contributed by atoms with van der Waals surface area (Å²) >= 11 is 1.53. The van der Waals surface area contributed by atoms with Gasteiger partial charge in [-0.05, 0) is 39.6 Å². The van der Waals surface area contributed by atoms with Crippen LogP contribution in [0.2, 0.25) is 0 Å². The number of ether oxygens (including phenoxy) is 5. The fourth-order valence-corrected chi connectivity index (χ4v) is 6.33. The SMILES string of the molecule is CCS[C@@H]1O[C@H](COCc2ccccc2)[C@@H](OCc2ccccc2)[C@H](OCc2ccccc2)[C@H]1OC(=O)c1ccccc1CN=[N+]=[N-]. The first-order valence-corrected chi connectivity index (χ1v) is 16.7. The number of nitrogens with zero attached hydrogens (tertiary/aromatic N) is 3. The van der Waals surface area contributed by atoms with E-state index in [4.69, 9.17) is 29.2 Å². The minimum absolute atomic E-state index is 0.0215. The van der Waals surface area contributed by atoms with E-state index >= 15 is 0 Å². The monoisotopic (exact) mass is 653 g/mol. The summed E-state index contributed by atoms with van der Waals surface area (Å²) in [7, 11) is 0. The average molecular weight is 654 g/mol. The Bertz CT molecular complexity index is 1570. The highest BCUT2D eigenvalue weighted by Gasteiger charge is 2.50. The fourth-order valence-electron chi connectivity index (χ4n) is 5.38. The molecule has 0 unspecified atom stereocenters. The maximum atomic E-state index is 13.8. The van der Waals surface area contributed by atoms with Crippen LogP contribution in [0, 0.1) is 0 Å². The van der Waals surface area contributed by atoms with E-state index in [1.54, 1.807) is 24.3 Å². The molecule has 5 rings (SSSR count). The van der Waals surface area contributed by atoms with Crippen molar-refractivity contribution in [2.45, 2.75) is 63.1 Å². The molecule has 0 bridgehead atoms. The van der Waals surface area contributed by atoms with Gasteiger partial charge in [-0.3, -0.25) is 0 Å². The number of thioether (sulfide) groups is 1. The molecule has 0 amide bonds. The summed E-state index contributed by atoms with van der Waals surface area (Å²) in [5.74, 6) is 0.156. The summed E-state index contributed by atoms with van der Waals surface area (Å²) in [5, 5.41) is 3.67. The van der Waals surface area contributed by atoms with E-state index < -0.39 is 35.8 Å². The third kappa shape index (κ3) is 9.92. The lowest BCUT2D eigenvalue weighted by atomic mass is 9.98. The Balaban J connectivity index is 1.46. The van der Waals surface area contributed by atoms with Crippen molar-refractivity contribution in [1.29, 1.82) is 0 Å². The molecule has 0 aliphatic carbocycles. The van der Waals surface area contributed by atoms with Crippen LogP contribution in [-0.4, -0.2) is 48.2 Å². The minimum Gasteiger partial charge on any atom is -0.452 e. The molecular weight excluding hydrogens is 614 g/mol. The Kier molecular flexibility index (Phi) is 13.3. The van der Waals surface area contributed by atoms with Crippen LogP contribution in [0.1, 0.15) is 39.5 Å². The Labute approximate surface area is 279 Å². The standard InChI is InChI=1S/C37H39N3O6S/c1-2-47-37-35(46-36(41)31-21-13-12-20-30(31)22-39-40-38)34(44-25-29-18-10-5-11-19-29)33(43-24-28-16-8-4-9-17-28)32(45-37)26-42-23-27-14-6-3-7-15-27/h3-21,32-35,37H,2,22-26H2,1H3/t32-,33-,34+,35-,37+/m1/s1. The van der Waals surface area contributed by atoms with Gasteiger partial charge in [-0.2, -0.15) is 0 Å². The molecule has 0 aromatic heterocycles. The fraction of sp³-hybridized carbons (Fsp3) is 0.324. The predicted octanol–water partition coefficient (Wildman–Crippen LogP) is 7.89. The van der Waals surface area contributed by atoms with Crippen molar-refractivity contribution in [2.24, 2.45) is 5.11 Å². The smallest absolute Gasteiger partial charge is 0.338 e. The van der Waals surface area contributed by atoms with E-state index in [1.807, 2.05) is 97.9 Å². The van der Waals surface area contributed by atoms with Crippen LogP contribution in [0.3, 0.4) is 0 Å². The second-order valence-corrected chi connectivity index (χ2v) is 12.3. The summed E-state index contributed by atoms with van der Waals surface area (Å²) in [5.41, 5.74) is 12.2. The van der Waals surface area contributed by atoms with Gasteiger partial charge >= 0.3 is 5.97 Å². The van der Waals surface area contributed by atoms with E-state index in [0.717, 1.165) is 16.7 Å². The van der Waals surface area contributed by atoms with Crippen LogP contribution in [0.15, 0.2) is 120 Å². The zero-order chi connectivity index (χ0) is 32.7. The first kappa shape index (κ1) is 34.2. The Morgan fingerprint density at radius 1 is 0.766 bits per heavy atom. The molecule has 1 aliphatic heterocycles. The summed E-state index contributed by atoms with van der Waals surface area (Å²) < 4.78 is 32.5. The molecule has 0 radical (unpaired) electrons. The molecule has 9 nitrogen and oxygen atoms in total. The van der Waals surface area contributed by atoms with Crippen molar-refractivity contribution in [3.63, 3.8) is 0 Å². The number of hydrogen-bond donors (Lipinski definition) is 0. The van der Waals surface area contributed by atoms with Gasteiger partial charge in [0, 0.05) is 4.91 Å². The van der Waals surface area contributed by atoms with Crippen LogP contribution in [0.4, 0.5) is 0 Å². The lowest BCUT2D eigenvalue weighted by Crippen LogP contribution is -2.60. The van der Waals surface area contributed by atoms with Gasteiger partial charge in [0.05, 0.1) is 38.5 Å². The third-order valence-electron chi connectivity index (χ3n) is 7.67. The van der Waals surface area contributed by atoms with Crippen molar-refractivity contribution in [3.05, 3.63) is 154 Å². The number of hydrogen-bond acceptors (Lipinski definition) is 8. The zero-order valence-corrected chi connectivity index (χ0v) is 27.1. The summed E-state index contributed by atoms with van der Waals surface area (Å²) in [6.45, 7) is 3.29. The molecule has 5 atom stereocenters. The number of esters is 1. The molecule has 0 saturated carbocycles. The Morgan fingerprint density at radius 2 is 1.32 bits per heavy atom. The van der Waals surface area contributed by atoms with Gasteiger partial charge in [0.25, 0.3) is 0 Å². The van der Waals surface area contributed by atoms with Crippen LogP contribution in [0.25, 0.3) is 10.4 Å². The minimum atomic E-state index is -0.824. The molecule has 47 heavy (non-hydrogen) atoms. The molecule has 244 valence electrons. The molecular formula is C37H39N3O6S. The van der Waals surface area contributed by atoms with E-state index in [0.29, 0.717) is 30.1 Å². The van der Waals surface area contributed by atoms with Crippen molar-refractivity contribution in [2.75, 3.05) is 12.4 Å². The molecule has 1 aliphatic rings. The van der Waals surface area contributed by atoms with E-state index in [1.165, 1.54) is 11.8 Å². The molecule has 4 aromatic carbocycles. The predicted molar refractivity (Wildman–Crippen MR) is 181 cm³/mol. The molecule has 1 heterocycles. The number of rotatable bonds is 16. The number of carbonyl (C=O) groups excluding carboxylic acids is 1. The highest BCUT2D eigenvalue weighted by Crippen LogP contribution is 2.35. The topological polar surface area (TPSA) is 112 Å². The van der Waals surface area contributed by atoms with Gasteiger partial charge in [-0.15, -0.1) is 11.8 Å². The van der Waals surface area contributed by atoms with E-state index in [9.17, 15) is 4.79 Å². The molecule has 1 fully saturated rings. The average Bonchev–Trinajstić information content (AvgIpc) is 3.12. The van der Waals surface area contributed by atoms with Gasteiger partial charge < -0.3 is 23.7 Å². The molecule has 1 saturated heterocycles. The zero-order valence-electron chi connectivity index (χ0n) is 26.3. The molecule has 4 aromatic rings. The van der Waals surface area contributed by atoms with Crippen molar-refractivity contribution in [1.82, 2.24) is 0 Å². The first-order valence-electron chi connectivity index (χ1n) is 15.7. The highest BCUT2D eigenvalue weighted by atomic mass is 32.2. The van der Waals surface area contributed by atoms with Crippen molar-refractivity contribution < 1.29 is 28.5 Å². The summed E-state index contributed by atoms with van der Waals surface area (Å²) in [6, 6.07) is 36.7. The highest BCUT2D eigenvalue weighted by molar-refractivity contribution is 7.99. The van der Waals surface area contributed by atoms with E-state index in [2.05, 4.69) is 10.0 Å². The van der Waals surface area contributed by atoms with Gasteiger partial charge in [-0.25, -0.2) is 4.79 Å². The number of azide groups is 1. The van der Waals surface area contributed by atoms with Crippen molar-refractivity contribution >= 4 is 17.7 Å². The maximum absolute atomic E-state index is 13.8. The lowest BCUT2D eigenvalue weighted by Gasteiger charge is -2.45. The van der Waals surface area contributed by atoms with Crippen LogP contribution in [-0.2, 0) is 50.0 Å². The number of carbonyl (C=O) groups is 1. The maximum Gasteiger partial charge on any atom is 0.338 e. The summed E-state index contributed by atoms with van der Waals surface area (Å²) in [6.07, 6.45) is -2.68. The van der Waals surface area contributed by atoms with Crippen LogP contribution >= 0.6 is 11.8 Å². The number of benzene rings is 4. The normalized spacial score (nSPS) is 20.7. The van der Waals surface area contributed by atoms with Gasteiger partial charge in [0.2, 0.25) is 0 Å². The van der Waals surface area contributed by atoms with E-state index in [-0.39, 0.29) is 19.8 Å². The van der Waals surface area contributed by atoms with Crippen LogP contribution < -0.4 is 0 Å². The largest absolute Gasteiger partial charge is 0.452 e. The third-order valence-corrected chi connectivity index (χ3v) is 8.71. The van der Waals surface area contributed by atoms with Gasteiger partial charge in [0.15, 0.2) is 6.10 Å². The molecule has 0 spiro atoms. The van der Waals surface area contributed by atoms with Gasteiger partial charge in [-0.1, -0.05) is 121 Å². The Hall–Kier alpha value is -4.15. The Morgan fingerprint density at radius 3 is 1.91 bits per heavy atom. The summed E-state index contributed by atoms with van der Waals surface area (Å²) in [4.78, 5) is 16.7.